The number of aliphatic carboxylic acids is 1. The van der Waals surface area contributed by atoms with Gasteiger partial charge in [-0.15, -0.1) is 12.6 Å². The van der Waals surface area contributed by atoms with Crippen LogP contribution < -0.4 is 41.0 Å². The van der Waals surface area contributed by atoms with Crippen LogP contribution in [-0.2, 0) is 55.5 Å². The molecular weight excluding hydrogens is 871 g/mol. The van der Waals surface area contributed by atoms with Gasteiger partial charge in [-0.25, -0.2) is 19.3 Å². The fraction of sp³-hybridized carbons (Fsp3) is 0.577. The molecule has 2 aromatic heterocycles. The molecule has 0 bridgehead atoms. The number of hydrogen-bond donors (Lipinski definition) is 6. The smallest absolute Gasteiger partial charge is 0.274 e. The molecule has 1 saturated heterocycles. The molecule has 0 aromatic carbocycles. The molecule has 0 spiro atoms. The topological polar surface area (TPSA) is 415 Å². The van der Waals surface area contributed by atoms with Crippen LogP contribution in [-0.4, -0.2) is 109 Å². The van der Waals surface area contributed by atoms with Crippen LogP contribution in [0.1, 0.15) is 32.9 Å². The first-order valence-electron chi connectivity index (χ1n) is 15.9. The molecule has 0 radical (unpaired) electrons. The second kappa shape index (κ2) is 20.4. The number of thiol groups is 1. The van der Waals surface area contributed by atoms with Crippen LogP contribution in [0.15, 0.2) is 23.6 Å². The number of anilines is 1. The fourth-order valence-corrected chi connectivity index (χ4v) is 8.23. The number of carbonyl (C=O) groups excluding carboxylic acids is 4. The highest BCUT2D eigenvalue weighted by Crippen LogP contribution is 2.56. The third-order valence-corrected chi connectivity index (χ3v) is 11.8. The summed E-state index contributed by atoms with van der Waals surface area (Å²) in [5, 5.41) is 35.9. The van der Waals surface area contributed by atoms with E-state index >= 15 is 0 Å². The van der Waals surface area contributed by atoms with Gasteiger partial charge in [0.1, 0.15) is 36.3 Å². The molecule has 2 aromatic rings. The average Bonchev–Trinajstić information content (AvgIpc) is 3.66. The van der Waals surface area contributed by atoms with Crippen molar-refractivity contribution >= 4 is 87.7 Å². The fourth-order valence-electron chi connectivity index (χ4n) is 4.59. The number of nitrogen functional groups attached to an aromatic ring is 1. The zero-order valence-corrected chi connectivity index (χ0v) is 33.9. The minimum atomic E-state index is -5.94. The number of aliphatic hydroxyl groups is 2. The third kappa shape index (κ3) is 15.0. The minimum absolute atomic E-state index is 0.0195. The van der Waals surface area contributed by atoms with Crippen LogP contribution in [0.2, 0.25) is 0 Å². The molecule has 26 nitrogen and oxygen atoms in total. The van der Waals surface area contributed by atoms with Crippen molar-refractivity contribution in [3.05, 3.63) is 23.6 Å². The second-order valence-corrected chi connectivity index (χ2v) is 17.9. The Kier molecular flexibility index (Phi) is 17.3. The summed E-state index contributed by atoms with van der Waals surface area (Å²) in [4.78, 5) is 106. The van der Waals surface area contributed by atoms with Crippen LogP contribution in [0.5, 0.6) is 0 Å². The Labute approximate surface area is 331 Å². The molecule has 57 heavy (non-hydrogen) atoms. The zero-order chi connectivity index (χ0) is 42.9. The number of carboxylic acids is 1. The number of aliphatic hydroxyl groups excluding tert-OH is 2. The van der Waals surface area contributed by atoms with E-state index in [4.69, 9.17) is 10.5 Å². The van der Waals surface area contributed by atoms with Gasteiger partial charge in [0.05, 0.1) is 32.3 Å². The van der Waals surface area contributed by atoms with Crippen LogP contribution in [0.4, 0.5) is 5.82 Å². The van der Waals surface area contributed by atoms with Crippen LogP contribution >= 0.6 is 47.9 Å². The Hall–Kier alpha value is -2.88. The number of nitrogens with zero attached hydrogens (tertiary/aromatic N) is 4. The largest absolute Gasteiger partial charge is 0.790 e. The number of nitrogens with two attached hydrogens (primary N) is 1. The summed E-state index contributed by atoms with van der Waals surface area (Å²) in [6.45, 7) is -0.282. The molecule has 0 aliphatic carbocycles. The zero-order valence-electron chi connectivity index (χ0n) is 29.5. The van der Waals surface area contributed by atoms with Gasteiger partial charge in [-0.05, 0) is 0 Å². The Morgan fingerprint density at radius 2 is 1.77 bits per heavy atom. The lowest BCUT2D eigenvalue weighted by molar-refractivity contribution is -0.347. The van der Waals surface area contributed by atoms with Crippen molar-refractivity contribution in [2.24, 2.45) is 5.41 Å². The summed E-state index contributed by atoms with van der Waals surface area (Å²) >= 11 is 4.64. The summed E-state index contributed by atoms with van der Waals surface area (Å²) < 4.78 is 60.3. The molecule has 2 amide bonds. The van der Waals surface area contributed by atoms with E-state index in [1.54, 1.807) is 0 Å². The first kappa shape index (κ1) is 48.5. The third-order valence-electron chi connectivity index (χ3n) is 7.38. The highest BCUT2D eigenvalue weighted by atomic mass is 32.2. The Morgan fingerprint density at radius 3 is 2.42 bits per heavy atom. The maximum Gasteiger partial charge on any atom is 0.274 e. The molecule has 6 N–H and O–H groups in total. The second-order valence-electron chi connectivity index (χ2n) is 12.3. The number of nitrogens with one attached hydrogen (secondary N) is 2. The number of carbonyl (C=O) groups is 4. The molecular formula is C26H35N7O19P3S2-5. The van der Waals surface area contributed by atoms with E-state index < -0.39 is 102 Å². The molecule has 7 atom stereocenters. The maximum atomic E-state index is 12.5. The number of thioether (sulfide) groups is 1. The van der Waals surface area contributed by atoms with Gasteiger partial charge >= 0.3 is 0 Å². The molecule has 0 saturated carbocycles. The number of carboxylic acid groups (broad SMARTS) is 1. The number of fused-ring (bicyclic) bond motifs is 1. The molecule has 1 fully saturated rings. The number of ether oxygens (including phenoxy) is 1. The lowest BCUT2D eigenvalue weighted by Crippen LogP contribution is -2.46. The number of phosphoric ester groups is 3. The first-order valence-corrected chi connectivity index (χ1v) is 21.7. The average molecular weight is 907 g/mol. The molecule has 3 heterocycles. The highest BCUT2D eigenvalue weighted by molar-refractivity contribution is 8.15. The Balaban J connectivity index is 1.48. The summed E-state index contributed by atoms with van der Waals surface area (Å²) in [5.41, 5.74) is 3.99. The van der Waals surface area contributed by atoms with Crippen molar-refractivity contribution in [1.82, 2.24) is 30.2 Å². The van der Waals surface area contributed by atoms with Crippen LogP contribution in [0.25, 0.3) is 11.2 Å². The Morgan fingerprint density at radius 1 is 1.11 bits per heavy atom. The molecule has 31 heteroatoms. The first-order chi connectivity index (χ1) is 26.3. The van der Waals surface area contributed by atoms with E-state index in [-0.39, 0.29) is 47.2 Å². The Bertz CT molecular complexity index is 1970. The van der Waals surface area contributed by atoms with Crippen LogP contribution in [0.3, 0.4) is 0 Å². The van der Waals surface area contributed by atoms with Crippen molar-refractivity contribution in [1.29, 1.82) is 0 Å². The SMILES string of the molecule is CC(C)(COP(=O)([O-])OP(=O)([O-])OC[C@H]1O[C@@H](n2cnc3c(N)ncnc32)[C@H](O)[C@@H]1OP(=O)([O-])[O-])C(O)C(=O)NCCC(=O)NCCSC(=O)/C(S)=C/CC(=O)[O-]. The van der Waals surface area contributed by atoms with Crippen molar-refractivity contribution in [3.63, 3.8) is 0 Å². The normalized spacial score (nSPS) is 21.7. The van der Waals surface area contributed by atoms with Gasteiger partial charge in [0.25, 0.3) is 15.6 Å². The van der Waals surface area contributed by atoms with E-state index in [0.29, 0.717) is 0 Å². The van der Waals surface area contributed by atoms with Crippen molar-refractivity contribution in [2.45, 2.75) is 57.3 Å². The van der Waals surface area contributed by atoms with E-state index in [2.05, 4.69) is 56.1 Å². The molecule has 1 aliphatic rings. The number of imidazole rings is 1. The predicted octanol–water partition coefficient (Wildman–Crippen LogP) is -4.91. The summed E-state index contributed by atoms with van der Waals surface area (Å²) in [6, 6.07) is 0. The van der Waals surface area contributed by atoms with E-state index in [1.807, 2.05) is 0 Å². The number of amides is 2. The lowest BCUT2D eigenvalue weighted by atomic mass is 9.87. The van der Waals surface area contributed by atoms with Crippen LogP contribution in [0, 0.1) is 5.41 Å². The number of phosphoric acid groups is 3. The van der Waals surface area contributed by atoms with Gasteiger partial charge in [-0.1, -0.05) is 31.7 Å². The summed E-state index contributed by atoms with van der Waals surface area (Å²) in [7, 11) is -17.7. The van der Waals surface area contributed by atoms with E-state index in [1.165, 1.54) is 0 Å². The van der Waals surface area contributed by atoms with Crippen molar-refractivity contribution in [2.75, 3.05) is 37.8 Å². The summed E-state index contributed by atoms with van der Waals surface area (Å²) in [6.07, 6.45) is -7.26. The quantitative estimate of drug-likeness (QED) is 0.0279. The monoisotopic (exact) mass is 906 g/mol. The standard InChI is InChI=1S/C26H40N7O19P3S2/c1-26(2,20(38)23(39)29-6-5-15(34)28-7-8-57-25(40)14(56)3-4-16(35)36)10-49-55(46,47)52-54(44,45)48-9-13-19(51-53(41,42)43)18(37)24(50-13)33-12-32-17-21(27)30-11-31-22(17)33/h3,11-13,18-20,24,37-38,56H,4-10H2,1-2H3,(H,28,34)(H,29,39)(H,35,36)(H,44,45)(H,46,47)(H2,27,30,31)(H2,41,42,43)/p-5/b14-3-/t13-,18-,19-,20?,24-/m1/s1. The van der Waals surface area contributed by atoms with E-state index in [9.17, 15) is 67.8 Å². The molecule has 3 rings (SSSR count). The van der Waals surface area contributed by atoms with Gasteiger partial charge in [-0.3, -0.25) is 28.1 Å². The van der Waals surface area contributed by atoms with Gasteiger partial charge in [-0.2, -0.15) is 0 Å². The molecule has 1 aliphatic heterocycles. The summed E-state index contributed by atoms with van der Waals surface area (Å²) in [5.74, 6) is -3.01. The van der Waals surface area contributed by atoms with Crippen molar-refractivity contribution < 1.29 is 90.4 Å². The molecule has 3 unspecified atom stereocenters. The van der Waals surface area contributed by atoms with Gasteiger partial charge in [0, 0.05) is 43.1 Å². The van der Waals surface area contributed by atoms with Gasteiger partial charge in [0.2, 0.25) is 16.9 Å². The van der Waals surface area contributed by atoms with E-state index in [0.717, 1.165) is 48.9 Å². The predicted molar refractivity (Wildman–Crippen MR) is 185 cm³/mol. The maximum absolute atomic E-state index is 12.5. The molecule has 320 valence electrons. The minimum Gasteiger partial charge on any atom is -0.790 e. The van der Waals surface area contributed by atoms with Gasteiger partial charge in [0.15, 0.2) is 17.7 Å². The number of hydrogen-bond acceptors (Lipinski definition) is 25. The highest BCUT2D eigenvalue weighted by Gasteiger charge is 2.47. The number of rotatable bonds is 22. The number of aromatic nitrogens is 4. The lowest BCUT2D eigenvalue weighted by Gasteiger charge is -2.36. The van der Waals surface area contributed by atoms with Gasteiger partial charge < -0.3 is 78.9 Å². The van der Waals surface area contributed by atoms with Crippen molar-refractivity contribution in [3.8, 4) is 0 Å².